The van der Waals surface area contributed by atoms with Gasteiger partial charge in [-0.25, -0.2) is 0 Å². The Morgan fingerprint density at radius 3 is 3.00 bits per heavy atom. The number of rotatable bonds is 2. The quantitative estimate of drug-likeness (QED) is 0.701. The molecule has 0 spiro atoms. The van der Waals surface area contributed by atoms with Crippen LogP contribution in [0.25, 0.3) is 0 Å². The Morgan fingerprint density at radius 1 is 1.43 bits per heavy atom. The number of para-hydroxylation sites is 1. The van der Waals surface area contributed by atoms with Gasteiger partial charge >= 0.3 is 0 Å². The molecular formula is C11H13ClO2. The van der Waals surface area contributed by atoms with Crippen LogP contribution in [0.15, 0.2) is 24.3 Å². The van der Waals surface area contributed by atoms with Crippen molar-refractivity contribution in [3.8, 4) is 5.75 Å². The molecule has 1 unspecified atom stereocenters. The molecule has 2 rings (SSSR count). The van der Waals surface area contributed by atoms with Crippen molar-refractivity contribution in [2.45, 2.75) is 24.8 Å². The van der Waals surface area contributed by atoms with Crippen LogP contribution in [0, 0.1) is 0 Å². The lowest BCUT2D eigenvalue weighted by atomic mass is 10.0. The molecule has 2 nitrogen and oxygen atoms in total. The van der Waals surface area contributed by atoms with E-state index in [4.69, 9.17) is 21.1 Å². The van der Waals surface area contributed by atoms with E-state index < -0.39 is 5.06 Å². The Morgan fingerprint density at radius 2 is 2.21 bits per heavy atom. The Balaban J connectivity index is 2.39. The lowest BCUT2D eigenvalue weighted by Crippen LogP contribution is -2.30. The fourth-order valence-electron chi connectivity index (χ4n) is 1.69. The number of alkyl halides is 1. The molecule has 1 aliphatic heterocycles. The van der Waals surface area contributed by atoms with E-state index >= 15 is 0 Å². The monoisotopic (exact) mass is 212 g/mol. The topological polar surface area (TPSA) is 18.5 Å². The summed E-state index contributed by atoms with van der Waals surface area (Å²) in [6.45, 7) is 2.33. The molecule has 0 aliphatic carbocycles. The highest BCUT2D eigenvalue weighted by molar-refractivity contribution is 6.23. The lowest BCUT2D eigenvalue weighted by molar-refractivity contribution is -0.0887. The Bertz CT molecular complexity index is 327. The minimum absolute atomic E-state index is 0.237. The van der Waals surface area contributed by atoms with Gasteiger partial charge in [0.05, 0.1) is 0 Å². The number of hydrogen-bond donors (Lipinski definition) is 0. The van der Waals surface area contributed by atoms with Crippen LogP contribution in [0.3, 0.4) is 0 Å². The molecule has 0 amide bonds. The number of hydrogen-bond acceptors (Lipinski definition) is 2. The first-order chi connectivity index (χ1) is 6.76. The number of halogens is 1. The molecular weight excluding hydrogens is 200 g/mol. The largest absolute Gasteiger partial charge is 0.467 e. The van der Waals surface area contributed by atoms with Gasteiger partial charge in [-0.15, -0.1) is 0 Å². The SMILES string of the molecule is CCCC1(Cl)OCOc2ccccc21. The summed E-state index contributed by atoms with van der Waals surface area (Å²) in [7, 11) is 0. The summed E-state index contributed by atoms with van der Waals surface area (Å²) in [5.41, 5.74) is 0.940. The van der Waals surface area contributed by atoms with E-state index in [-0.39, 0.29) is 6.79 Å². The molecule has 0 saturated carbocycles. The van der Waals surface area contributed by atoms with Crippen LogP contribution in [0.4, 0.5) is 0 Å². The van der Waals surface area contributed by atoms with Gasteiger partial charge < -0.3 is 9.47 Å². The molecule has 3 heteroatoms. The molecule has 1 atom stereocenters. The number of ether oxygens (including phenoxy) is 2. The van der Waals surface area contributed by atoms with Gasteiger partial charge in [0, 0.05) is 5.56 Å². The van der Waals surface area contributed by atoms with Gasteiger partial charge in [-0.1, -0.05) is 43.1 Å². The second-order valence-corrected chi connectivity index (χ2v) is 3.99. The summed E-state index contributed by atoms with van der Waals surface area (Å²) in [4.78, 5) is 0. The van der Waals surface area contributed by atoms with Crippen LogP contribution in [-0.4, -0.2) is 6.79 Å². The minimum Gasteiger partial charge on any atom is -0.467 e. The van der Waals surface area contributed by atoms with Gasteiger partial charge in [0.15, 0.2) is 11.9 Å². The van der Waals surface area contributed by atoms with Crippen LogP contribution >= 0.6 is 11.6 Å². The van der Waals surface area contributed by atoms with E-state index in [1.807, 2.05) is 24.3 Å². The van der Waals surface area contributed by atoms with Crippen molar-refractivity contribution < 1.29 is 9.47 Å². The fraction of sp³-hybridized carbons (Fsp3) is 0.455. The average molecular weight is 213 g/mol. The Hall–Kier alpha value is -0.730. The van der Waals surface area contributed by atoms with Gasteiger partial charge in [-0.05, 0) is 12.5 Å². The maximum atomic E-state index is 6.40. The predicted molar refractivity (Wildman–Crippen MR) is 55.5 cm³/mol. The summed E-state index contributed by atoms with van der Waals surface area (Å²) >= 11 is 6.40. The highest BCUT2D eigenvalue weighted by Crippen LogP contribution is 2.43. The zero-order valence-electron chi connectivity index (χ0n) is 8.13. The highest BCUT2D eigenvalue weighted by atomic mass is 35.5. The molecule has 0 fully saturated rings. The Kier molecular flexibility index (Phi) is 2.66. The van der Waals surface area contributed by atoms with Gasteiger partial charge in [0.1, 0.15) is 5.75 Å². The molecule has 1 aliphatic rings. The van der Waals surface area contributed by atoms with E-state index in [1.165, 1.54) is 0 Å². The lowest BCUT2D eigenvalue weighted by Gasteiger charge is -2.33. The van der Waals surface area contributed by atoms with Crippen LogP contribution in [-0.2, 0) is 9.80 Å². The van der Waals surface area contributed by atoms with Crippen LogP contribution in [0.1, 0.15) is 25.3 Å². The third kappa shape index (κ3) is 1.60. The molecule has 1 aromatic rings. The van der Waals surface area contributed by atoms with Gasteiger partial charge in [0.25, 0.3) is 0 Å². The first-order valence-corrected chi connectivity index (χ1v) is 5.19. The van der Waals surface area contributed by atoms with Crippen molar-refractivity contribution in [1.82, 2.24) is 0 Å². The van der Waals surface area contributed by atoms with E-state index in [9.17, 15) is 0 Å². The zero-order chi connectivity index (χ0) is 10.0. The molecule has 76 valence electrons. The van der Waals surface area contributed by atoms with Crippen molar-refractivity contribution >= 4 is 11.6 Å². The van der Waals surface area contributed by atoms with Crippen molar-refractivity contribution in [2.75, 3.05) is 6.79 Å². The summed E-state index contributed by atoms with van der Waals surface area (Å²) in [6, 6.07) is 7.76. The average Bonchev–Trinajstić information content (AvgIpc) is 2.19. The van der Waals surface area contributed by atoms with E-state index in [0.29, 0.717) is 0 Å². The molecule has 1 heterocycles. The maximum Gasteiger partial charge on any atom is 0.191 e. The van der Waals surface area contributed by atoms with E-state index in [0.717, 1.165) is 24.2 Å². The fourth-order valence-corrected chi connectivity index (χ4v) is 2.08. The molecule has 0 saturated heterocycles. The predicted octanol–water partition coefficient (Wildman–Crippen LogP) is 3.24. The standard InChI is InChI=1S/C11H13ClO2/c1-2-7-11(12)9-5-3-4-6-10(9)13-8-14-11/h3-6H,2,7-8H2,1H3. The van der Waals surface area contributed by atoms with Crippen molar-refractivity contribution in [3.63, 3.8) is 0 Å². The molecule has 0 radical (unpaired) electrons. The smallest absolute Gasteiger partial charge is 0.191 e. The maximum absolute atomic E-state index is 6.40. The molecule has 0 aromatic heterocycles. The summed E-state index contributed by atoms with van der Waals surface area (Å²) in [6.07, 6.45) is 1.78. The molecule has 1 aromatic carbocycles. The number of benzene rings is 1. The Labute approximate surface area is 88.8 Å². The normalized spacial score (nSPS) is 25.3. The van der Waals surface area contributed by atoms with Crippen molar-refractivity contribution in [1.29, 1.82) is 0 Å². The second kappa shape index (κ2) is 3.79. The van der Waals surface area contributed by atoms with Crippen LogP contribution in [0.5, 0.6) is 5.75 Å². The zero-order valence-corrected chi connectivity index (χ0v) is 8.88. The molecule has 14 heavy (non-hydrogen) atoms. The minimum atomic E-state index is -0.691. The summed E-state index contributed by atoms with van der Waals surface area (Å²) in [5, 5.41) is -0.691. The van der Waals surface area contributed by atoms with Gasteiger partial charge in [0.2, 0.25) is 0 Å². The van der Waals surface area contributed by atoms with Crippen LogP contribution in [0.2, 0.25) is 0 Å². The van der Waals surface area contributed by atoms with Gasteiger partial charge in [-0.3, -0.25) is 0 Å². The van der Waals surface area contributed by atoms with Crippen molar-refractivity contribution in [2.24, 2.45) is 0 Å². The molecule has 0 N–H and O–H groups in total. The first kappa shape index (κ1) is 9.81. The van der Waals surface area contributed by atoms with Gasteiger partial charge in [-0.2, -0.15) is 0 Å². The highest BCUT2D eigenvalue weighted by Gasteiger charge is 2.35. The summed E-state index contributed by atoms with van der Waals surface area (Å²) < 4.78 is 10.8. The third-order valence-electron chi connectivity index (χ3n) is 2.36. The van der Waals surface area contributed by atoms with Crippen LogP contribution < -0.4 is 4.74 Å². The van der Waals surface area contributed by atoms with E-state index in [2.05, 4.69) is 6.92 Å². The van der Waals surface area contributed by atoms with E-state index in [1.54, 1.807) is 0 Å². The first-order valence-electron chi connectivity index (χ1n) is 4.81. The second-order valence-electron chi connectivity index (χ2n) is 3.38. The third-order valence-corrected chi connectivity index (χ3v) is 2.86. The van der Waals surface area contributed by atoms with Crippen molar-refractivity contribution in [3.05, 3.63) is 29.8 Å². The summed E-state index contributed by atoms with van der Waals surface area (Å²) in [5.74, 6) is 0.835. The molecule has 0 bridgehead atoms. The number of fused-ring (bicyclic) bond motifs is 1.